The SMILES string of the molecule is CCCC(N)CN(C)C1CCC(C)CC1. The van der Waals surface area contributed by atoms with E-state index in [2.05, 4.69) is 25.8 Å². The molecule has 0 aromatic carbocycles. The third kappa shape index (κ3) is 4.52. The molecule has 0 saturated heterocycles. The molecule has 0 bridgehead atoms. The number of likely N-dealkylation sites (N-methyl/N-ethyl adjacent to an activating group) is 1. The fourth-order valence-electron chi connectivity index (χ4n) is 2.66. The van der Waals surface area contributed by atoms with E-state index in [-0.39, 0.29) is 0 Å². The summed E-state index contributed by atoms with van der Waals surface area (Å²) in [5, 5.41) is 0. The van der Waals surface area contributed by atoms with E-state index in [1.807, 2.05) is 0 Å². The van der Waals surface area contributed by atoms with Crippen molar-refractivity contribution in [2.75, 3.05) is 13.6 Å². The summed E-state index contributed by atoms with van der Waals surface area (Å²) in [7, 11) is 2.25. The van der Waals surface area contributed by atoms with E-state index in [1.54, 1.807) is 0 Å². The zero-order valence-corrected chi connectivity index (χ0v) is 10.7. The molecule has 1 fully saturated rings. The molecule has 2 N–H and O–H groups in total. The van der Waals surface area contributed by atoms with Gasteiger partial charge < -0.3 is 10.6 Å². The normalized spacial score (nSPS) is 29.4. The second kappa shape index (κ2) is 6.49. The largest absolute Gasteiger partial charge is 0.327 e. The minimum Gasteiger partial charge on any atom is -0.327 e. The van der Waals surface area contributed by atoms with Crippen molar-refractivity contribution in [2.45, 2.75) is 64.5 Å². The molecule has 1 atom stereocenters. The molecule has 0 radical (unpaired) electrons. The Morgan fingerprint density at radius 3 is 2.40 bits per heavy atom. The molecule has 0 heterocycles. The van der Waals surface area contributed by atoms with E-state index in [0.29, 0.717) is 6.04 Å². The highest BCUT2D eigenvalue weighted by Crippen LogP contribution is 2.26. The van der Waals surface area contributed by atoms with Crippen LogP contribution in [-0.4, -0.2) is 30.6 Å². The van der Waals surface area contributed by atoms with Crippen LogP contribution in [0.15, 0.2) is 0 Å². The lowest BCUT2D eigenvalue weighted by Crippen LogP contribution is -2.42. The van der Waals surface area contributed by atoms with Gasteiger partial charge in [-0.3, -0.25) is 0 Å². The molecule has 0 amide bonds. The van der Waals surface area contributed by atoms with Crippen molar-refractivity contribution in [3.8, 4) is 0 Å². The van der Waals surface area contributed by atoms with Gasteiger partial charge in [0.1, 0.15) is 0 Å². The maximum atomic E-state index is 6.08. The monoisotopic (exact) mass is 212 g/mol. The predicted molar refractivity (Wildman–Crippen MR) is 66.9 cm³/mol. The highest BCUT2D eigenvalue weighted by atomic mass is 15.1. The van der Waals surface area contributed by atoms with Crippen molar-refractivity contribution in [2.24, 2.45) is 11.7 Å². The maximum absolute atomic E-state index is 6.08. The Balaban J connectivity index is 2.24. The Hall–Kier alpha value is -0.0800. The molecule has 1 unspecified atom stereocenters. The van der Waals surface area contributed by atoms with Gasteiger partial charge in [-0.1, -0.05) is 20.3 Å². The van der Waals surface area contributed by atoms with Crippen LogP contribution in [0.5, 0.6) is 0 Å². The van der Waals surface area contributed by atoms with Crippen LogP contribution in [0, 0.1) is 5.92 Å². The molecule has 0 aromatic rings. The van der Waals surface area contributed by atoms with Gasteiger partial charge in [0, 0.05) is 18.6 Å². The highest BCUT2D eigenvalue weighted by molar-refractivity contribution is 4.78. The summed E-state index contributed by atoms with van der Waals surface area (Å²) in [6.07, 6.45) is 7.91. The minimum atomic E-state index is 0.374. The molecule has 15 heavy (non-hydrogen) atoms. The van der Waals surface area contributed by atoms with Gasteiger partial charge in [0.05, 0.1) is 0 Å². The molecule has 1 saturated carbocycles. The summed E-state index contributed by atoms with van der Waals surface area (Å²) in [4.78, 5) is 2.49. The average molecular weight is 212 g/mol. The van der Waals surface area contributed by atoms with E-state index in [4.69, 9.17) is 5.73 Å². The van der Waals surface area contributed by atoms with Gasteiger partial charge in [-0.2, -0.15) is 0 Å². The van der Waals surface area contributed by atoms with E-state index in [1.165, 1.54) is 32.1 Å². The van der Waals surface area contributed by atoms with Crippen LogP contribution in [0.25, 0.3) is 0 Å². The second-order valence-corrected chi connectivity index (χ2v) is 5.40. The third-order valence-corrected chi connectivity index (χ3v) is 3.79. The summed E-state index contributed by atoms with van der Waals surface area (Å²) in [6.45, 7) is 5.66. The Morgan fingerprint density at radius 1 is 1.27 bits per heavy atom. The number of hydrogen-bond acceptors (Lipinski definition) is 2. The topological polar surface area (TPSA) is 29.3 Å². The quantitative estimate of drug-likeness (QED) is 0.759. The lowest BCUT2D eigenvalue weighted by Gasteiger charge is -2.34. The number of nitrogens with zero attached hydrogens (tertiary/aromatic N) is 1. The first-order valence-electron chi connectivity index (χ1n) is 6.59. The third-order valence-electron chi connectivity index (χ3n) is 3.79. The predicted octanol–water partition coefficient (Wildman–Crippen LogP) is 2.62. The van der Waals surface area contributed by atoms with Gasteiger partial charge in [0.25, 0.3) is 0 Å². The van der Waals surface area contributed by atoms with Crippen LogP contribution in [0.4, 0.5) is 0 Å². The first kappa shape index (κ1) is 13.0. The van der Waals surface area contributed by atoms with Crippen molar-refractivity contribution in [3.05, 3.63) is 0 Å². The van der Waals surface area contributed by atoms with Crippen LogP contribution in [-0.2, 0) is 0 Å². The molecule has 0 spiro atoms. The van der Waals surface area contributed by atoms with Crippen molar-refractivity contribution >= 4 is 0 Å². The highest BCUT2D eigenvalue weighted by Gasteiger charge is 2.22. The summed E-state index contributed by atoms with van der Waals surface area (Å²) in [5.41, 5.74) is 6.08. The van der Waals surface area contributed by atoms with Crippen LogP contribution in [0.3, 0.4) is 0 Å². The second-order valence-electron chi connectivity index (χ2n) is 5.40. The van der Waals surface area contributed by atoms with Crippen LogP contribution >= 0.6 is 0 Å². The molecule has 2 nitrogen and oxygen atoms in total. The molecule has 1 aliphatic carbocycles. The number of rotatable bonds is 5. The average Bonchev–Trinajstić information content (AvgIpc) is 2.18. The van der Waals surface area contributed by atoms with Crippen molar-refractivity contribution < 1.29 is 0 Å². The lowest BCUT2D eigenvalue weighted by atomic mass is 9.86. The van der Waals surface area contributed by atoms with E-state index in [0.717, 1.165) is 24.9 Å². The van der Waals surface area contributed by atoms with Gasteiger partial charge in [-0.25, -0.2) is 0 Å². The van der Waals surface area contributed by atoms with Crippen LogP contribution in [0.2, 0.25) is 0 Å². The maximum Gasteiger partial charge on any atom is 0.0167 e. The molecule has 0 aliphatic heterocycles. The molecular weight excluding hydrogens is 184 g/mol. The Labute approximate surface area is 95.2 Å². The lowest BCUT2D eigenvalue weighted by molar-refractivity contribution is 0.161. The summed E-state index contributed by atoms with van der Waals surface area (Å²) in [6, 6.07) is 1.17. The van der Waals surface area contributed by atoms with E-state index in [9.17, 15) is 0 Å². The van der Waals surface area contributed by atoms with Gasteiger partial charge in [0.2, 0.25) is 0 Å². The standard InChI is InChI=1S/C13H28N2/c1-4-5-12(14)10-15(3)13-8-6-11(2)7-9-13/h11-13H,4-10,14H2,1-3H3. The Kier molecular flexibility index (Phi) is 5.62. The summed E-state index contributed by atoms with van der Waals surface area (Å²) in [5.74, 6) is 0.943. The molecule has 90 valence electrons. The first-order chi connectivity index (χ1) is 7.13. The smallest absolute Gasteiger partial charge is 0.0167 e. The van der Waals surface area contributed by atoms with Gasteiger partial charge in [-0.05, 0) is 45.1 Å². The van der Waals surface area contributed by atoms with Gasteiger partial charge in [0.15, 0.2) is 0 Å². The summed E-state index contributed by atoms with van der Waals surface area (Å²) >= 11 is 0. The van der Waals surface area contributed by atoms with Crippen LogP contribution in [0.1, 0.15) is 52.4 Å². The van der Waals surface area contributed by atoms with Gasteiger partial charge in [-0.15, -0.1) is 0 Å². The zero-order chi connectivity index (χ0) is 11.3. The fourth-order valence-corrected chi connectivity index (χ4v) is 2.66. The van der Waals surface area contributed by atoms with E-state index < -0.39 is 0 Å². The molecular formula is C13H28N2. The molecule has 0 aromatic heterocycles. The molecule has 2 heteroatoms. The van der Waals surface area contributed by atoms with Crippen molar-refractivity contribution in [1.82, 2.24) is 4.90 Å². The Bertz CT molecular complexity index is 162. The van der Waals surface area contributed by atoms with E-state index >= 15 is 0 Å². The first-order valence-corrected chi connectivity index (χ1v) is 6.59. The summed E-state index contributed by atoms with van der Waals surface area (Å²) < 4.78 is 0. The number of hydrogen-bond donors (Lipinski definition) is 1. The molecule has 1 aliphatic rings. The number of nitrogens with two attached hydrogens (primary N) is 1. The van der Waals surface area contributed by atoms with Crippen molar-refractivity contribution in [1.29, 1.82) is 0 Å². The van der Waals surface area contributed by atoms with Crippen molar-refractivity contribution in [3.63, 3.8) is 0 Å². The zero-order valence-electron chi connectivity index (χ0n) is 10.7. The fraction of sp³-hybridized carbons (Fsp3) is 1.00. The van der Waals surface area contributed by atoms with Gasteiger partial charge >= 0.3 is 0 Å². The minimum absolute atomic E-state index is 0.374. The van der Waals surface area contributed by atoms with Crippen LogP contribution < -0.4 is 5.73 Å². The molecule has 1 rings (SSSR count). The Morgan fingerprint density at radius 2 is 1.87 bits per heavy atom.